The van der Waals surface area contributed by atoms with Crippen LogP contribution in [0, 0.1) is 5.82 Å². The molecule has 0 aliphatic rings. The SMILES string of the molecule is CNC(=O)c1cc(NC(=O)N[C@H](Cc2ccccc2)C(F)(F)F)ccc1F. The van der Waals surface area contributed by atoms with Crippen molar-refractivity contribution in [2.45, 2.75) is 18.6 Å². The molecule has 0 fully saturated rings. The van der Waals surface area contributed by atoms with Crippen LogP contribution in [0.5, 0.6) is 0 Å². The van der Waals surface area contributed by atoms with Crippen molar-refractivity contribution in [2.75, 3.05) is 12.4 Å². The second-order valence-electron chi connectivity index (χ2n) is 5.66. The van der Waals surface area contributed by atoms with Crippen LogP contribution >= 0.6 is 0 Å². The molecule has 0 heterocycles. The van der Waals surface area contributed by atoms with Crippen molar-refractivity contribution in [2.24, 2.45) is 0 Å². The molecule has 0 saturated heterocycles. The van der Waals surface area contributed by atoms with E-state index in [0.29, 0.717) is 5.56 Å². The third-order valence-corrected chi connectivity index (χ3v) is 3.68. The first-order chi connectivity index (χ1) is 12.7. The molecule has 2 aromatic carbocycles. The summed E-state index contributed by atoms with van der Waals surface area (Å²) in [6.07, 6.45) is -5.10. The number of carbonyl (C=O) groups is 2. The van der Waals surface area contributed by atoms with Crippen molar-refractivity contribution in [1.82, 2.24) is 10.6 Å². The molecule has 0 radical (unpaired) electrons. The Morgan fingerprint density at radius 2 is 1.74 bits per heavy atom. The lowest BCUT2D eigenvalue weighted by Crippen LogP contribution is -2.48. The van der Waals surface area contributed by atoms with E-state index in [2.05, 4.69) is 10.6 Å². The number of nitrogens with one attached hydrogen (secondary N) is 3. The van der Waals surface area contributed by atoms with Crippen LogP contribution in [0.15, 0.2) is 48.5 Å². The quantitative estimate of drug-likeness (QED) is 0.692. The minimum absolute atomic E-state index is 0.0202. The minimum Gasteiger partial charge on any atom is -0.355 e. The number of benzene rings is 2. The van der Waals surface area contributed by atoms with Gasteiger partial charge in [0.25, 0.3) is 5.91 Å². The molecule has 144 valence electrons. The van der Waals surface area contributed by atoms with Crippen LogP contribution in [0.2, 0.25) is 0 Å². The number of rotatable bonds is 5. The minimum atomic E-state index is -4.66. The molecular formula is C18H17F4N3O2. The Kier molecular flexibility index (Phi) is 6.38. The highest BCUT2D eigenvalue weighted by molar-refractivity contribution is 5.97. The fourth-order valence-electron chi connectivity index (χ4n) is 2.34. The monoisotopic (exact) mass is 383 g/mol. The summed E-state index contributed by atoms with van der Waals surface area (Å²) >= 11 is 0. The number of halogens is 4. The molecule has 27 heavy (non-hydrogen) atoms. The zero-order valence-corrected chi connectivity index (χ0v) is 14.2. The average Bonchev–Trinajstić information content (AvgIpc) is 2.62. The van der Waals surface area contributed by atoms with Gasteiger partial charge in [-0.3, -0.25) is 4.79 Å². The van der Waals surface area contributed by atoms with Crippen LogP contribution in [0.4, 0.5) is 28.0 Å². The van der Waals surface area contributed by atoms with Gasteiger partial charge in [-0.05, 0) is 23.8 Å². The second-order valence-corrected chi connectivity index (χ2v) is 5.66. The molecule has 0 bridgehead atoms. The van der Waals surface area contributed by atoms with Gasteiger partial charge in [-0.2, -0.15) is 13.2 Å². The Bertz CT molecular complexity index is 810. The van der Waals surface area contributed by atoms with E-state index in [-0.39, 0.29) is 11.3 Å². The van der Waals surface area contributed by atoms with E-state index in [1.165, 1.54) is 19.2 Å². The van der Waals surface area contributed by atoms with Crippen LogP contribution in [-0.2, 0) is 6.42 Å². The van der Waals surface area contributed by atoms with Crippen molar-refractivity contribution < 1.29 is 27.2 Å². The van der Waals surface area contributed by atoms with Crippen molar-refractivity contribution in [3.63, 3.8) is 0 Å². The molecule has 1 atom stereocenters. The number of anilines is 1. The summed E-state index contributed by atoms with van der Waals surface area (Å²) in [6.45, 7) is 0. The Hall–Kier alpha value is -3.10. The molecule has 2 rings (SSSR count). The topological polar surface area (TPSA) is 70.2 Å². The number of amides is 3. The molecular weight excluding hydrogens is 366 g/mol. The van der Waals surface area contributed by atoms with E-state index in [1.54, 1.807) is 18.2 Å². The summed E-state index contributed by atoms with van der Waals surface area (Å²) in [5.74, 6) is -1.55. The molecule has 5 nitrogen and oxygen atoms in total. The average molecular weight is 383 g/mol. The van der Waals surface area contributed by atoms with Crippen molar-refractivity contribution in [3.05, 3.63) is 65.5 Å². The van der Waals surface area contributed by atoms with Crippen LogP contribution in [-0.4, -0.2) is 31.2 Å². The largest absolute Gasteiger partial charge is 0.408 e. The highest BCUT2D eigenvalue weighted by atomic mass is 19.4. The zero-order chi connectivity index (χ0) is 20.0. The fourth-order valence-corrected chi connectivity index (χ4v) is 2.34. The predicted octanol–water partition coefficient (Wildman–Crippen LogP) is 3.48. The standard InChI is InChI=1S/C18H17F4N3O2/c1-23-16(26)13-10-12(7-8-14(13)19)24-17(27)25-15(18(20,21)22)9-11-5-3-2-4-6-11/h2-8,10,15H,9H2,1H3,(H,23,26)(H2,24,25,27)/t15-/m1/s1. The van der Waals surface area contributed by atoms with Gasteiger partial charge in [-0.15, -0.1) is 0 Å². The van der Waals surface area contributed by atoms with E-state index in [1.807, 2.05) is 5.32 Å². The van der Waals surface area contributed by atoms with Crippen molar-refractivity contribution in [3.8, 4) is 0 Å². The Balaban J connectivity index is 2.11. The number of hydrogen-bond donors (Lipinski definition) is 3. The van der Waals surface area contributed by atoms with Gasteiger partial charge in [-0.25, -0.2) is 9.18 Å². The summed E-state index contributed by atoms with van der Waals surface area (Å²) in [6, 6.07) is 7.79. The van der Waals surface area contributed by atoms with Crippen LogP contribution in [0.25, 0.3) is 0 Å². The lowest BCUT2D eigenvalue weighted by Gasteiger charge is -2.22. The third kappa shape index (κ3) is 5.70. The summed E-state index contributed by atoms with van der Waals surface area (Å²) in [7, 11) is 1.30. The molecule has 3 N–H and O–H groups in total. The first kappa shape index (κ1) is 20.2. The zero-order valence-electron chi connectivity index (χ0n) is 14.2. The number of urea groups is 1. The van der Waals surface area contributed by atoms with Crippen LogP contribution in [0.1, 0.15) is 15.9 Å². The Labute approximate surface area is 152 Å². The lowest BCUT2D eigenvalue weighted by atomic mass is 10.1. The van der Waals surface area contributed by atoms with Gasteiger partial charge in [0.2, 0.25) is 0 Å². The highest BCUT2D eigenvalue weighted by Crippen LogP contribution is 2.23. The van der Waals surface area contributed by atoms with Gasteiger partial charge >= 0.3 is 12.2 Å². The highest BCUT2D eigenvalue weighted by Gasteiger charge is 2.40. The second kappa shape index (κ2) is 8.52. The number of alkyl halides is 3. The first-order valence-corrected chi connectivity index (χ1v) is 7.90. The maximum absolute atomic E-state index is 13.6. The molecule has 9 heteroatoms. The van der Waals surface area contributed by atoms with Gasteiger partial charge in [-0.1, -0.05) is 30.3 Å². The molecule has 0 aliphatic carbocycles. The van der Waals surface area contributed by atoms with Gasteiger partial charge in [0.1, 0.15) is 11.9 Å². The van der Waals surface area contributed by atoms with Gasteiger partial charge in [0.05, 0.1) is 5.56 Å². The van der Waals surface area contributed by atoms with Crippen molar-refractivity contribution >= 4 is 17.6 Å². The molecule has 3 amide bonds. The molecule has 0 aromatic heterocycles. The van der Waals surface area contributed by atoms with Crippen LogP contribution < -0.4 is 16.0 Å². The van der Waals surface area contributed by atoms with E-state index >= 15 is 0 Å². The van der Waals surface area contributed by atoms with E-state index in [4.69, 9.17) is 0 Å². The van der Waals surface area contributed by atoms with Crippen molar-refractivity contribution in [1.29, 1.82) is 0 Å². The normalized spacial score (nSPS) is 12.2. The third-order valence-electron chi connectivity index (χ3n) is 3.68. The molecule has 0 unspecified atom stereocenters. The number of carbonyl (C=O) groups excluding carboxylic acids is 2. The van der Waals surface area contributed by atoms with Gasteiger partial charge in [0.15, 0.2) is 0 Å². The fraction of sp³-hybridized carbons (Fsp3) is 0.222. The van der Waals surface area contributed by atoms with Gasteiger partial charge < -0.3 is 16.0 Å². The molecule has 0 saturated carbocycles. The molecule has 2 aromatic rings. The first-order valence-electron chi connectivity index (χ1n) is 7.90. The summed E-state index contributed by atoms with van der Waals surface area (Å²) in [4.78, 5) is 23.5. The Morgan fingerprint density at radius 3 is 2.33 bits per heavy atom. The summed E-state index contributed by atoms with van der Waals surface area (Å²) < 4.78 is 53.3. The van der Waals surface area contributed by atoms with E-state index in [9.17, 15) is 27.2 Å². The number of hydrogen-bond acceptors (Lipinski definition) is 2. The molecule has 0 aliphatic heterocycles. The lowest BCUT2D eigenvalue weighted by molar-refractivity contribution is -0.152. The summed E-state index contributed by atoms with van der Waals surface area (Å²) in [5.41, 5.74) is 0.0453. The Morgan fingerprint density at radius 1 is 1.07 bits per heavy atom. The molecule has 0 spiro atoms. The van der Waals surface area contributed by atoms with E-state index < -0.39 is 36.4 Å². The maximum atomic E-state index is 13.6. The summed E-state index contributed by atoms with van der Waals surface area (Å²) in [5, 5.41) is 6.27. The predicted molar refractivity (Wildman–Crippen MR) is 91.9 cm³/mol. The van der Waals surface area contributed by atoms with E-state index in [0.717, 1.165) is 18.2 Å². The van der Waals surface area contributed by atoms with Crippen LogP contribution in [0.3, 0.4) is 0 Å². The smallest absolute Gasteiger partial charge is 0.355 e. The van der Waals surface area contributed by atoms with Gasteiger partial charge in [0, 0.05) is 19.2 Å². The maximum Gasteiger partial charge on any atom is 0.408 e.